The first-order valence-corrected chi connectivity index (χ1v) is 7.32. The lowest BCUT2D eigenvalue weighted by molar-refractivity contribution is 0.0692. The molecule has 0 aliphatic carbocycles. The first-order chi connectivity index (χ1) is 10.9. The molecule has 0 unspecified atom stereocenters. The van der Waals surface area contributed by atoms with Crippen molar-refractivity contribution in [2.45, 2.75) is 6.92 Å². The van der Waals surface area contributed by atoms with E-state index in [1.807, 2.05) is 0 Å². The third kappa shape index (κ3) is 2.58. The van der Waals surface area contributed by atoms with Crippen LogP contribution in [0.4, 0.5) is 0 Å². The van der Waals surface area contributed by atoms with E-state index in [9.17, 15) is 15.0 Å². The Hall–Kier alpha value is -2.37. The number of hydrogen-bond acceptors (Lipinski definition) is 4. The Morgan fingerprint density at radius 1 is 1.22 bits per heavy atom. The zero-order valence-electron chi connectivity index (χ0n) is 11.8. The summed E-state index contributed by atoms with van der Waals surface area (Å²) in [5, 5.41) is 20.7. The molecular weight excluding hydrogens is 339 g/mol. The standard InChI is InChI=1S/C16H10Cl2N2O3/c1-7-12(16(22)23)15(21)10-4-5-19-13(14(10)20-7)9-3-2-8(17)6-11(9)18/h2-6H,1H3,(H,20,21)(H,22,23). The van der Waals surface area contributed by atoms with Crippen LogP contribution in [0, 0.1) is 6.92 Å². The highest BCUT2D eigenvalue weighted by Gasteiger charge is 2.20. The number of hydrogen-bond donors (Lipinski definition) is 2. The van der Waals surface area contributed by atoms with Gasteiger partial charge in [-0.2, -0.15) is 0 Å². The van der Waals surface area contributed by atoms with Crippen molar-refractivity contribution in [2.75, 3.05) is 0 Å². The Labute approximate surface area is 141 Å². The van der Waals surface area contributed by atoms with E-state index in [0.29, 0.717) is 32.2 Å². The van der Waals surface area contributed by atoms with Crippen LogP contribution in [0.2, 0.25) is 10.0 Å². The normalized spacial score (nSPS) is 10.9. The third-order valence-electron chi connectivity index (χ3n) is 3.46. The molecule has 3 rings (SSSR count). The number of carboxylic acid groups (broad SMARTS) is 1. The van der Waals surface area contributed by atoms with E-state index in [0.717, 1.165) is 0 Å². The van der Waals surface area contributed by atoms with Gasteiger partial charge in [0.25, 0.3) is 0 Å². The molecule has 0 amide bonds. The first-order valence-electron chi connectivity index (χ1n) is 6.57. The Kier molecular flexibility index (Phi) is 3.83. The predicted octanol–water partition coefficient (Wildman–Crippen LogP) is 4.32. The molecule has 116 valence electrons. The summed E-state index contributed by atoms with van der Waals surface area (Å²) in [6, 6.07) is 6.46. The van der Waals surface area contributed by atoms with Crippen LogP contribution in [0.3, 0.4) is 0 Å². The van der Waals surface area contributed by atoms with Crippen molar-refractivity contribution in [1.29, 1.82) is 0 Å². The number of pyridine rings is 2. The lowest BCUT2D eigenvalue weighted by atomic mass is 10.0. The number of nitrogens with zero attached hydrogens (tertiary/aromatic N) is 2. The second kappa shape index (κ2) is 5.68. The smallest absolute Gasteiger partial charge is 0.341 e. The molecule has 0 fully saturated rings. The van der Waals surface area contributed by atoms with E-state index in [4.69, 9.17) is 23.2 Å². The fraction of sp³-hybridized carbons (Fsp3) is 0.0625. The summed E-state index contributed by atoms with van der Waals surface area (Å²) in [6.07, 6.45) is 1.46. The summed E-state index contributed by atoms with van der Waals surface area (Å²) in [4.78, 5) is 19.9. The van der Waals surface area contributed by atoms with Crippen LogP contribution in [0.15, 0.2) is 30.5 Å². The van der Waals surface area contributed by atoms with Crippen LogP contribution >= 0.6 is 23.2 Å². The minimum absolute atomic E-state index is 0.196. The summed E-state index contributed by atoms with van der Waals surface area (Å²) in [7, 11) is 0. The average molecular weight is 349 g/mol. The highest BCUT2D eigenvalue weighted by Crippen LogP contribution is 2.37. The first kappa shape index (κ1) is 15.5. The largest absolute Gasteiger partial charge is 0.506 e. The van der Waals surface area contributed by atoms with Crippen LogP contribution in [-0.2, 0) is 0 Å². The predicted molar refractivity (Wildman–Crippen MR) is 88.4 cm³/mol. The molecule has 0 bridgehead atoms. The zero-order valence-corrected chi connectivity index (χ0v) is 13.4. The molecular formula is C16H10Cl2N2O3. The number of benzene rings is 1. The van der Waals surface area contributed by atoms with E-state index in [-0.39, 0.29) is 17.0 Å². The van der Waals surface area contributed by atoms with Crippen LogP contribution in [0.5, 0.6) is 5.75 Å². The molecule has 2 heterocycles. The number of halogens is 2. The molecule has 0 saturated carbocycles. The van der Waals surface area contributed by atoms with Crippen molar-refractivity contribution < 1.29 is 15.0 Å². The Balaban J connectivity index is 2.38. The molecule has 0 atom stereocenters. The maximum Gasteiger partial charge on any atom is 0.341 e. The van der Waals surface area contributed by atoms with Gasteiger partial charge in [-0.3, -0.25) is 4.98 Å². The van der Waals surface area contributed by atoms with Crippen LogP contribution in [0.25, 0.3) is 22.2 Å². The van der Waals surface area contributed by atoms with Gasteiger partial charge in [0.1, 0.15) is 16.8 Å². The minimum Gasteiger partial charge on any atom is -0.506 e. The molecule has 5 nitrogen and oxygen atoms in total. The average Bonchev–Trinajstić information content (AvgIpc) is 2.47. The molecule has 3 aromatic rings. The molecule has 0 aliphatic heterocycles. The Morgan fingerprint density at radius 2 is 1.96 bits per heavy atom. The van der Waals surface area contributed by atoms with Gasteiger partial charge < -0.3 is 10.2 Å². The number of rotatable bonds is 2. The second-order valence-electron chi connectivity index (χ2n) is 4.91. The van der Waals surface area contributed by atoms with E-state index >= 15 is 0 Å². The number of aromatic nitrogens is 2. The molecule has 2 aromatic heterocycles. The third-order valence-corrected chi connectivity index (χ3v) is 4.01. The van der Waals surface area contributed by atoms with E-state index < -0.39 is 5.97 Å². The number of carboxylic acids is 1. The quantitative estimate of drug-likeness (QED) is 0.720. The maximum absolute atomic E-state index is 11.3. The van der Waals surface area contributed by atoms with Gasteiger partial charge in [0.05, 0.1) is 16.4 Å². The monoisotopic (exact) mass is 348 g/mol. The van der Waals surface area contributed by atoms with E-state index in [1.54, 1.807) is 18.2 Å². The molecule has 1 aromatic carbocycles. The minimum atomic E-state index is -1.24. The molecule has 0 spiro atoms. The summed E-state index contributed by atoms with van der Waals surface area (Å²) >= 11 is 12.1. The maximum atomic E-state index is 11.3. The van der Waals surface area contributed by atoms with E-state index in [1.165, 1.54) is 19.2 Å². The Bertz CT molecular complexity index is 958. The van der Waals surface area contributed by atoms with Crippen LogP contribution < -0.4 is 0 Å². The van der Waals surface area contributed by atoms with Crippen LogP contribution in [0.1, 0.15) is 16.1 Å². The SMILES string of the molecule is Cc1nc2c(-c3ccc(Cl)cc3Cl)nccc2c(O)c1C(=O)O. The van der Waals surface area contributed by atoms with Crippen molar-refractivity contribution in [2.24, 2.45) is 0 Å². The summed E-state index contributed by atoms with van der Waals surface area (Å²) in [5.74, 6) is -1.58. The Morgan fingerprint density at radius 3 is 2.61 bits per heavy atom. The van der Waals surface area contributed by atoms with Crippen molar-refractivity contribution in [1.82, 2.24) is 9.97 Å². The van der Waals surface area contributed by atoms with Gasteiger partial charge in [-0.05, 0) is 31.2 Å². The van der Waals surface area contributed by atoms with Gasteiger partial charge >= 0.3 is 5.97 Å². The lowest BCUT2D eigenvalue weighted by Gasteiger charge is -2.11. The highest BCUT2D eigenvalue weighted by molar-refractivity contribution is 6.36. The fourth-order valence-corrected chi connectivity index (χ4v) is 2.92. The van der Waals surface area contributed by atoms with Gasteiger partial charge in [0, 0.05) is 22.2 Å². The van der Waals surface area contributed by atoms with Gasteiger partial charge in [-0.15, -0.1) is 0 Å². The molecule has 2 N–H and O–H groups in total. The lowest BCUT2D eigenvalue weighted by Crippen LogP contribution is -2.04. The molecule has 0 saturated heterocycles. The molecule has 0 aliphatic rings. The van der Waals surface area contributed by atoms with E-state index in [2.05, 4.69) is 9.97 Å². The molecule has 0 radical (unpaired) electrons. The number of aromatic hydroxyl groups is 1. The second-order valence-corrected chi connectivity index (χ2v) is 5.75. The number of aryl methyl sites for hydroxylation is 1. The topological polar surface area (TPSA) is 83.3 Å². The zero-order chi connectivity index (χ0) is 16.7. The van der Waals surface area contributed by atoms with Gasteiger partial charge in [0.15, 0.2) is 0 Å². The molecule has 23 heavy (non-hydrogen) atoms. The van der Waals surface area contributed by atoms with Gasteiger partial charge in [0.2, 0.25) is 0 Å². The van der Waals surface area contributed by atoms with Crippen molar-refractivity contribution >= 4 is 40.1 Å². The van der Waals surface area contributed by atoms with Crippen LogP contribution in [-0.4, -0.2) is 26.2 Å². The number of carbonyl (C=O) groups is 1. The van der Waals surface area contributed by atoms with Crippen molar-refractivity contribution in [3.05, 3.63) is 51.8 Å². The summed E-state index contributed by atoms with van der Waals surface area (Å²) < 4.78 is 0. The van der Waals surface area contributed by atoms with Gasteiger partial charge in [-0.1, -0.05) is 23.2 Å². The fourth-order valence-electron chi connectivity index (χ4n) is 2.42. The highest BCUT2D eigenvalue weighted by atomic mass is 35.5. The summed E-state index contributed by atoms with van der Waals surface area (Å²) in [6.45, 7) is 1.52. The molecule has 7 heteroatoms. The number of aromatic carboxylic acids is 1. The van der Waals surface area contributed by atoms with Crippen molar-refractivity contribution in [3.63, 3.8) is 0 Å². The summed E-state index contributed by atoms with van der Waals surface area (Å²) in [5.41, 5.74) is 1.38. The number of fused-ring (bicyclic) bond motifs is 1. The van der Waals surface area contributed by atoms with Gasteiger partial charge in [-0.25, -0.2) is 9.78 Å². The van der Waals surface area contributed by atoms with Crippen molar-refractivity contribution in [3.8, 4) is 17.0 Å².